The fraction of sp³-hybridized carbons (Fsp3) is 0.333. The summed E-state index contributed by atoms with van der Waals surface area (Å²) in [5.74, 6) is 0.246. The number of methoxy groups -OCH3 is 1. The van der Waals surface area contributed by atoms with E-state index >= 15 is 0 Å². The van der Waals surface area contributed by atoms with Gasteiger partial charge in [0.05, 0.1) is 13.7 Å². The Hall–Kier alpha value is -2.85. The monoisotopic (exact) mass is 422 g/mol. The number of alkyl halides is 1. The maximum absolute atomic E-state index is 14.1. The van der Waals surface area contributed by atoms with Gasteiger partial charge < -0.3 is 39.7 Å². The molecule has 30 heavy (non-hydrogen) atoms. The first-order chi connectivity index (χ1) is 14.3. The SMILES string of the molecule is COc1ccc(/C=C/c2cc(O)cc(O[C@@H]3O[C@H](CO)[C@@H](O)[C@H](F)[C@H]3O)c2)cc1O. The number of rotatable bonds is 6. The molecular formula is C21H23FO8. The summed E-state index contributed by atoms with van der Waals surface area (Å²) in [6, 6.07) is 9.05. The minimum absolute atomic E-state index is 0.0237. The molecule has 0 bridgehead atoms. The maximum Gasteiger partial charge on any atom is 0.229 e. The highest BCUT2D eigenvalue weighted by Gasteiger charge is 2.46. The number of aliphatic hydroxyl groups excluding tert-OH is 3. The summed E-state index contributed by atoms with van der Waals surface area (Å²) in [5.41, 5.74) is 1.19. The van der Waals surface area contributed by atoms with E-state index in [0.29, 0.717) is 16.9 Å². The fourth-order valence-electron chi connectivity index (χ4n) is 3.05. The quantitative estimate of drug-likeness (QED) is 0.442. The van der Waals surface area contributed by atoms with Crippen molar-refractivity contribution in [2.24, 2.45) is 0 Å². The van der Waals surface area contributed by atoms with Gasteiger partial charge >= 0.3 is 0 Å². The van der Waals surface area contributed by atoms with Crippen LogP contribution in [0.5, 0.6) is 23.0 Å². The fourth-order valence-corrected chi connectivity index (χ4v) is 3.05. The average Bonchev–Trinajstić information content (AvgIpc) is 2.72. The van der Waals surface area contributed by atoms with E-state index in [1.54, 1.807) is 24.3 Å². The first kappa shape index (κ1) is 21.8. The summed E-state index contributed by atoms with van der Waals surface area (Å²) in [6.07, 6.45) is -4.96. The van der Waals surface area contributed by atoms with E-state index in [1.165, 1.54) is 31.4 Å². The van der Waals surface area contributed by atoms with Gasteiger partial charge in [0, 0.05) is 6.07 Å². The van der Waals surface area contributed by atoms with Crippen LogP contribution in [0, 0.1) is 0 Å². The zero-order chi connectivity index (χ0) is 21.8. The smallest absolute Gasteiger partial charge is 0.229 e. The van der Waals surface area contributed by atoms with Crippen LogP contribution in [0.3, 0.4) is 0 Å². The lowest BCUT2D eigenvalue weighted by Gasteiger charge is -2.38. The van der Waals surface area contributed by atoms with Crippen molar-refractivity contribution in [2.75, 3.05) is 13.7 Å². The summed E-state index contributed by atoms with van der Waals surface area (Å²) in [5, 5.41) is 48.6. The highest BCUT2D eigenvalue weighted by molar-refractivity contribution is 5.72. The second kappa shape index (κ2) is 9.31. The molecule has 1 heterocycles. The molecule has 0 saturated carbocycles. The standard InChI is InChI=1S/C21H23FO8/c1-28-16-5-4-11(8-15(16)25)2-3-12-6-13(24)9-14(7-12)29-21-20(27)18(22)19(26)17(10-23)30-21/h2-9,17-21,23-27H,10H2,1H3/b3-2+/t17-,18+,19-,20-,21-/m1/s1. The van der Waals surface area contributed by atoms with Gasteiger partial charge in [-0.25, -0.2) is 4.39 Å². The molecule has 2 aromatic rings. The first-order valence-corrected chi connectivity index (χ1v) is 9.14. The summed E-state index contributed by atoms with van der Waals surface area (Å²) >= 11 is 0. The molecule has 0 spiro atoms. The predicted octanol–water partition coefficient (Wildman–Crippen LogP) is 1.43. The van der Waals surface area contributed by atoms with Gasteiger partial charge in [-0.2, -0.15) is 0 Å². The minimum Gasteiger partial charge on any atom is -0.508 e. The Morgan fingerprint density at radius 3 is 2.43 bits per heavy atom. The van der Waals surface area contributed by atoms with Gasteiger partial charge in [0.2, 0.25) is 6.29 Å². The van der Waals surface area contributed by atoms with E-state index in [1.807, 2.05) is 0 Å². The molecule has 1 saturated heterocycles. The van der Waals surface area contributed by atoms with Crippen molar-refractivity contribution in [1.82, 2.24) is 0 Å². The van der Waals surface area contributed by atoms with Gasteiger partial charge in [-0.1, -0.05) is 18.2 Å². The van der Waals surface area contributed by atoms with Crippen molar-refractivity contribution in [3.63, 3.8) is 0 Å². The molecule has 0 unspecified atom stereocenters. The first-order valence-electron chi connectivity index (χ1n) is 9.14. The van der Waals surface area contributed by atoms with Crippen LogP contribution in [-0.4, -0.2) is 70.0 Å². The van der Waals surface area contributed by atoms with Crippen molar-refractivity contribution in [2.45, 2.75) is 30.8 Å². The minimum atomic E-state index is -2.07. The van der Waals surface area contributed by atoms with Gasteiger partial charge in [-0.3, -0.25) is 0 Å². The Labute approximate surface area is 172 Å². The topological polar surface area (TPSA) is 129 Å². The normalized spacial score (nSPS) is 26.6. The van der Waals surface area contributed by atoms with E-state index in [9.17, 15) is 29.9 Å². The molecule has 0 aliphatic carbocycles. The number of benzene rings is 2. The second-order valence-corrected chi connectivity index (χ2v) is 6.79. The molecule has 5 atom stereocenters. The van der Waals surface area contributed by atoms with Gasteiger partial charge in [0.25, 0.3) is 0 Å². The summed E-state index contributed by atoms with van der Waals surface area (Å²) in [6.45, 7) is -0.656. The number of hydrogen-bond acceptors (Lipinski definition) is 8. The average molecular weight is 422 g/mol. The second-order valence-electron chi connectivity index (χ2n) is 6.79. The van der Waals surface area contributed by atoms with E-state index in [4.69, 9.17) is 14.2 Å². The van der Waals surface area contributed by atoms with Crippen molar-refractivity contribution in [3.8, 4) is 23.0 Å². The van der Waals surface area contributed by atoms with E-state index in [0.717, 1.165) is 0 Å². The molecule has 162 valence electrons. The van der Waals surface area contributed by atoms with Crippen LogP contribution in [0.2, 0.25) is 0 Å². The lowest BCUT2D eigenvalue weighted by molar-refractivity contribution is -0.265. The lowest BCUT2D eigenvalue weighted by Crippen LogP contribution is -2.58. The van der Waals surface area contributed by atoms with Gasteiger partial charge in [-0.05, 0) is 35.4 Å². The lowest BCUT2D eigenvalue weighted by atomic mass is 10.0. The zero-order valence-electron chi connectivity index (χ0n) is 16.1. The van der Waals surface area contributed by atoms with Crippen molar-refractivity contribution < 1.29 is 44.1 Å². The molecule has 0 aromatic heterocycles. The van der Waals surface area contributed by atoms with E-state index in [-0.39, 0.29) is 17.2 Å². The molecule has 9 heteroatoms. The Bertz CT molecular complexity index is 901. The van der Waals surface area contributed by atoms with Crippen LogP contribution in [0.4, 0.5) is 4.39 Å². The highest BCUT2D eigenvalue weighted by Crippen LogP contribution is 2.30. The number of ether oxygens (including phenoxy) is 3. The Morgan fingerprint density at radius 1 is 1.03 bits per heavy atom. The Kier molecular flexibility index (Phi) is 6.78. The third-order valence-corrected chi connectivity index (χ3v) is 4.64. The molecule has 1 aliphatic rings. The Balaban J connectivity index is 1.77. The molecule has 1 aliphatic heterocycles. The molecule has 8 nitrogen and oxygen atoms in total. The van der Waals surface area contributed by atoms with Crippen LogP contribution in [0.15, 0.2) is 36.4 Å². The van der Waals surface area contributed by atoms with Crippen LogP contribution in [0.25, 0.3) is 12.2 Å². The van der Waals surface area contributed by atoms with E-state index < -0.39 is 37.4 Å². The van der Waals surface area contributed by atoms with Crippen molar-refractivity contribution in [1.29, 1.82) is 0 Å². The highest BCUT2D eigenvalue weighted by atomic mass is 19.1. The Morgan fingerprint density at radius 2 is 1.77 bits per heavy atom. The van der Waals surface area contributed by atoms with E-state index in [2.05, 4.69) is 0 Å². The van der Waals surface area contributed by atoms with Gasteiger partial charge in [-0.15, -0.1) is 0 Å². The third kappa shape index (κ3) is 4.82. The summed E-state index contributed by atoms with van der Waals surface area (Å²) in [7, 11) is 1.44. The van der Waals surface area contributed by atoms with Crippen molar-refractivity contribution >= 4 is 12.2 Å². The molecule has 0 radical (unpaired) electrons. The summed E-state index contributed by atoms with van der Waals surface area (Å²) < 4.78 is 29.7. The van der Waals surface area contributed by atoms with Crippen LogP contribution < -0.4 is 9.47 Å². The van der Waals surface area contributed by atoms with Gasteiger partial charge in [0.15, 0.2) is 17.7 Å². The van der Waals surface area contributed by atoms with Crippen LogP contribution >= 0.6 is 0 Å². The molecular weight excluding hydrogens is 399 g/mol. The molecule has 3 rings (SSSR count). The molecule has 1 fully saturated rings. The zero-order valence-corrected chi connectivity index (χ0v) is 16.1. The number of phenolic OH excluding ortho intramolecular Hbond substituents is 2. The maximum atomic E-state index is 14.1. The van der Waals surface area contributed by atoms with Crippen molar-refractivity contribution in [3.05, 3.63) is 47.5 Å². The van der Waals surface area contributed by atoms with Crippen LogP contribution in [-0.2, 0) is 4.74 Å². The number of halogens is 1. The number of phenols is 2. The third-order valence-electron chi connectivity index (χ3n) is 4.64. The number of hydrogen-bond donors (Lipinski definition) is 5. The van der Waals surface area contributed by atoms with Gasteiger partial charge in [0.1, 0.15) is 29.8 Å². The number of aromatic hydroxyl groups is 2. The predicted molar refractivity (Wildman–Crippen MR) is 105 cm³/mol. The van der Waals surface area contributed by atoms with Crippen LogP contribution in [0.1, 0.15) is 11.1 Å². The molecule has 0 amide bonds. The molecule has 5 N–H and O–H groups in total. The molecule has 2 aromatic carbocycles. The summed E-state index contributed by atoms with van der Waals surface area (Å²) in [4.78, 5) is 0. The number of aliphatic hydroxyl groups is 3. The largest absolute Gasteiger partial charge is 0.508 e.